The van der Waals surface area contributed by atoms with Crippen molar-refractivity contribution in [1.82, 2.24) is 15.3 Å². The smallest absolute Gasteiger partial charge is 0.407 e. The molecule has 0 saturated heterocycles. The molecule has 0 atom stereocenters. The summed E-state index contributed by atoms with van der Waals surface area (Å²) in [6.45, 7) is 10.8. The summed E-state index contributed by atoms with van der Waals surface area (Å²) in [5.41, 5.74) is 0.929. The highest BCUT2D eigenvalue weighted by Gasteiger charge is 2.16. The maximum absolute atomic E-state index is 12.8. The van der Waals surface area contributed by atoms with Gasteiger partial charge in [0.15, 0.2) is 5.13 Å². The standard InChI is InChI=1S/C24H38N6O3S/c1-16-17(2)34-22(28-16)30-21(31)18-12-13-19(25-6)29-20(18)26-14-10-8-7-9-11-15-27-23(32)33-24(3,4)5/h12-13H,7-11,14-15H2,1-6H3,(H,27,32)(H2,25,26,29)(H,28,30,31). The van der Waals surface area contributed by atoms with E-state index in [1.165, 1.54) is 11.3 Å². The zero-order chi connectivity index (χ0) is 25.1. The van der Waals surface area contributed by atoms with Crippen molar-refractivity contribution in [3.8, 4) is 0 Å². The molecule has 0 aromatic carbocycles. The van der Waals surface area contributed by atoms with Crippen LogP contribution >= 0.6 is 11.3 Å². The monoisotopic (exact) mass is 490 g/mol. The Morgan fingerprint density at radius 3 is 2.29 bits per heavy atom. The van der Waals surface area contributed by atoms with E-state index < -0.39 is 5.60 Å². The average molecular weight is 491 g/mol. The van der Waals surface area contributed by atoms with Crippen LogP contribution in [-0.2, 0) is 4.74 Å². The lowest BCUT2D eigenvalue weighted by Gasteiger charge is -2.19. The number of amides is 2. The van der Waals surface area contributed by atoms with Crippen molar-refractivity contribution >= 4 is 40.1 Å². The molecule has 2 aromatic heterocycles. The van der Waals surface area contributed by atoms with Gasteiger partial charge in [-0.3, -0.25) is 10.1 Å². The lowest BCUT2D eigenvalue weighted by atomic mass is 10.1. The highest BCUT2D eigenvalue weighted by Crippen LogP contribution is 2.23. The van der Waals surface area contributed by atoms with Crippen LogP contribution in [0.25, 0.3) is 0 Å². The Kier molecular flexibility index (Phi) is 10.6. The molecule has 4 N–H and O–H groups in total. The van der Waals surface area contributed by atoms with Crippen LogP contribution < -0.4 is 21.3 Å². The number of hydrogen-bond acceptors (Lipinski definition) is 8. The van der Waals surface area contributed by atoms with Gasteiger partial charge in [-0.2, -0.15) is 0 Å². The Morgan fingerprint density at radius 2 is 1.68 bits per heavy atom. The first-order valence-corrected chi connectivity index (χ1v) is 12.6. The maximum Gasteiger partial charge on any atom is 0.407 e. The molecule has 0 saturated carbocycles. The number of anilines is 3. The summed E-state index contributed by atoms with van der Waals surface area (Å²) in [6.07, 6.45) is 4.65. The van der Waals surface area contributed by atoms with Crippen molar-refractivity contribution in [2.24, 2.45) is 0 Å². The third kappa shape index (κ3) is 9.54. The van der Waals surface area contributed by atoms with E-state index in [0.717, 1.165) is 42.7 Å². The van der Waals surface area contributed by atoms with E-state index in [9.17, 15) is 9.59 Å². The molecule has 2 amide bonds. The molecule has 2 heterocycles. The van der Waals surface area contributed by atoms with Crippen molar-refractivity contribution in [2.75, 3.05) is 36.1 Å². The van der Waals surface area contributed by atoms with Gasteiger partial charge >= 0.3 is 6.09 Å². The molecule has 0 aliphatic heterocycles. The van der Waals surface area contributed by atoms with Crippen molar-refractivity contribution < 1.29 is 14.3 Å². The summed E-state index contributed by atoms with van der Waals surface area (Å²) in [5, 5.41) is 12.6. The number of thiazole rings is 1. The summed E-state index contributed by atoms with van der Waals surface area (Å²) < 4.78 is 5.22. The zero-order valence-electron chi connectivity index (χ0n) is 21.1. The molecule has 0 fully saturated rings. The van der Waals surface area contributed by atoms with Gasteiger partial charge in [-0.1, -0.05) is 19.3 Å². The first-order valence-electron chi connectivity index (χ1n) is 11.7. The van der Waals surface area contributed by atoms with E-state index >= 15 is 0 Å². The number of aromatic nitrogens is 2. The maximum atomic E-state index is 12.8. The van der Waals surface area contributed by atoms with Gasteiger partial charge in [0.05, 0.1) is 11.3 Å². The van der Waals surface area contributed by atoms with Crippen LogP contribution in [0.1, 0.15) is 73.8 Å². The van der Waals surface area contributed by atoms with Gasteiger partial charge in [-0.15, -0.1) is 11.3 Å². The van der Waals surface area contributed by atoms with Crippen LogP contribution in [0.3, 0.4) is 0 Å². The van der Waals surface area contributed by atoms with Crippen LogP contribution in [-0.4, -0.2) is 47.7 Å². The first kappa shape index (κ1) is 27.4. The lowest BCUT2D eigenvalue weighted by molar-refractivity contribution is 0.0526. The number of carbonyl (C=O) groups is 2. The van der Waals surface area contributed by atoms with Crippen molar-refractivity contribution in [2.45, 2.75) is 72.3 Å². The molecule has 34 heavy (non-hydrogen) atoms. The van der Waals surface area contributed by atoms with Gasteiger partial charge in [0.1, 0.15) is 17.2 Å². The fourth-order valence-electron chi connectivity index (χ4n) is 3.10. The van der Waals surface area contributed by atoms with Gasteiger partial charge in [0.25, 0.3) is 5.91 Å². The lowest BCUT2D eigenvalue weighted by Crippen LogP contribution is -2.32. The second-order valence-corrected chi connectivity index (χ2v) is 10.3. The summed E-state index contributed by atoms with van der Waals surface area (Å²) in [6, 6.07) is 3.55. The second-order valence-electron chi connectivity index (χ2n) is 9.08. The number of carbonyl (C=O) groups excluding carboxylic acids is 2. The zero-order valence-corrected chi connectivity index (χ0v) is 21.9. The van der Waals surface area contributed by atoms with Crippen molar-refractivity contribution in [3.63, 3.8) is 0 Å². The minimum absolute atomic E-state index is 0.233. The molecule has 9 nitrogen and oxygen atoms in total. The number of hydrogen-bond donors (Lipinski definition) is 4. The molecule has 188 valence electrons. The Hall–Kier alpha value is -2.88. The van der Waals surface area contributed by atoms with Crippen LogP contribution in [0.4, 0.5) is 21.6 Å². The average Bonchev–Trinajstić information content (AvgIpc) is 3.07. The molecule has 0 bridgehead atoms. The summed E-state index contributed by atoms with van der Waals surface area (Å²) >= 11 is 1.46. The fourth-order valence-corrected chi connectivity index (χ4v) is 3.91. The number of rotatable bonds is 12. The molecule has 2 rings (SSSR count). The highest BCUT2D eigenvalue weighted by molar-refractivity contribution is 7.15. The van der Waals surface area contributed by atoms with Crippen LogP contribution in [0.5, 0.6) is 0 Å². The van der Waals surface area contributed by atoms with E-state index in [1.54, 1.807) is 19.2 Å². The Morgan fingerprint density at radius 1 is 1.00 bits per heavy atom. The number of pyridine rings is 1. The Labute approximate surface area is 206 Å². The molecule has 0 unspecified atom stereocenters. The fraction of sp³-hybridized carbons (Fsp3) is 0.583. The largest absolute Gasteiger partial charge is 0.444 e. The summed E-state index contributed by atoms with van der Waals surface area (Å²) in [7, 11) is 1.80. The number of nitrogens with zero attached hydrogens (tertiary/aromatic N) is 2. The van der Waals surface area contributed by atoms with E-state index in [-0.39, 0.29) is 12.0 Å². The minimum atomic E-state index is -0.474. The third-order valence-electron chi connectivity index (χ3n) is 4.96. The normalized spacial score (nSPS) is 11.1. The van der Waals surface area contributed by atoms with Crippen molar-refractivity contribution in [3.05, 3.63) is 28.3 Å². The number of ether oxygens (including phenoxy) is 1. The molecule has 2 aromatic rings. The summed E-state index contributed by atoms with van der Waals surface area (Å²) in [4.78, 5) is 34.4. The van der Waals surface area contributed by atoms with Gasteiger partial charge in [-0.25, -0.2) is 14.8 Å². The van der Waals surface area contributed by atoms with Gasteiger partial charge in [0, 0.05) is 25.0 Å². The predicted octanol–water partition coefficient (Wildman–Crippen LogP) is 5.34. The molecule has 0 radical (unpaired) electrons. The van der Waals surface area contributed by atoms with Crippen molar-refractivity contribution in [1.29, 1.82) is 0 Å². The van der Waals surface area contributed by atoms with E-state index in [1.807, 2.05) is 34.6 Å². The SMILES string of the molecule is CNc1ccc(C(=O)Nc2nc(C)c(C)s2)c(NCCCCCCCNC(=O)OC(C)(C)C)n1. The molecule has 0 aliphatic carbocycles. The molecular weight excluding hydrogens is 452 g/mol. The number of aryl methyl sites for hydroxylation is 2. The minimum Gasteiger partial charge on any atom is -0.444 e. The number of unbranched alkanes of at least 4 members (excludes halogenated alkanes) is 4. The first-order chi connectivity index (χ1) is 16.1. The predicted molar refractivity (Wildman–Crippen MR) is 139 cm³/mol. The third-order valence-corrected chi connectivity index (χ3v) is 5.95. The molecule has 0 aliphatic rings. The van der Waals surface area contributed by atoms with E-state index in [2.05, 4.69) is 31.2 Å². The Bertz CT molecular complexity index is 935. The summed E-state index contributed by atoms with van der Waals surface area (Å²) in [5.74, 6) is 1.01. The van der Waals surface area contributed by atoms with Crippen LogP contribution in [0.2, 0.25) is 0 Å². The van der Waals surface area contributed by atoms with Crippen LogP contribution in [0.15, 0.2) is 12.1 Å². The van der Waals surface area contributed by atoms with E-state index in [0.29, 0.717) is 35.4 Å². The van der Waals surface area contributed by atoms with Gasteiger partial charge in [0.2, 0.25) is 0 Å². The Balaban J connectivity index is 1.74. The molecule has 0 spiro atoms. The quantitative estimate of drug-likeness (QED) is 0.297. The van der Waals surface area contributed by atoms with Gasteiger partial charge in [-0.05, 0) is 59.6 Å². The molecular formula is C24H38N6O3S. The number of nitrogens with one attached hydrogen (secondary N) is 4. The van der Waals surface area contributed by atoms with E-state index in [4.69, 9.17) is 4.74 Å². The second kappa shape index (κ2) is 13.1. The molecule has 10 heteroatoms. The van der Waals surface area contributed by atoms with Crippen LogP contribution in [0, 0.1) is 13.8 Å². The number of alkyl carbamates (subject to hydrolysis) is 1. The topological polar surface area (TPSA) is 117 Å². The van der Waals surface area contributed by atoms with Gasteiger partial charge < -0.3 is 20.7 Å². The highest BCUT2D eigenvalue weighted by atomic mass is 32.1.